The molecule has 0 saturated carbocycles. The Bertz CT molecular complexity index is 954. The lowest BCUT2D eigenvalue weighted by molar-refractivity contribution is -0.422. The number of rotatable bonds is 2. The van der Waals surface area contributed by atoms with Crippen molar-refractivity contribution in [2.45, 2.75) is 0 Å². The Kier molecular flexibility index (Phi) is 2.79. The lowest BCUT2D eigenvalue weighted by atomic mass is 10.1. The molecule has 10 nitrogen and oxygen atoms in total. The second kappa shape index (κ2) is 4.84. The van der Waals surface area contributed by atoms with Crippen molar-refractivity contribution >= 4 is 45.4 Å². The van der Waals surface area contributed by atoms with E-state index in [1.807, 2.05) is 12.1 Å². The Morgan fingerprint density at radius 2 is 1.21 bits per heavy atom. The van der Waals surface area contributed by atoms with Gasteiger partial charge >= 0.3 is 11.4 Å². The summed E-state index contributed by atoms with van der Waals surface area (Å²) in [6, 6.07) is 9.44. The fourth-order valence-electron chi connectivity index (χ4n) is 2.51. The molecule has 2 N–H and O–H groups in total. The third-order valence-electron chi connectivity index (χ3n) is 3.58. The van der Waals surface area contributed by atoms with Gasteiger partial charge < -0.3 is 10.6 Å². The van der Waals surface area contributed by atoms with Crippen LogP contribution < -0.4 is 10.6 Å². The highest BCUT2D eigenvalue weighted by Gasteiger charge is 2.29. The summed E-state index contributed by atoms with van der Waals surface area (Å²) in [5.74, 6) is 0.786. The van der Waals surface area contributed by atoms with E-state index in [1.165, 1.54) is 0 Å². The minimum atomic E-state index is -0.790. The molecule has 1 aromatic heterocycles. The number of aromatic nitrogens is 2. The van der Waals surface area contributed by atoms with Crippen molar-refractivity contribution in [3.8, 4) is 0 Å². The normalized spacial score (nSPS) is 11.8. The zero-order chi connectivity index (χ0) is 16.8. The molecule has 2 heterocycles. The molecule has 10 heteroatoms. The van der Waals surface area contributed by atoms with Gasteiger partial charge in [-0.05, 0) is 12.1 Å². The summed E-state index contributed by atoms with van der Waals surface area (Å²) in [6.07, 6.45) is 0. The first-order valence-electron chi connectivity index (χ1n) is 6.80. The third-order valence-corrected chi connectivity index (χ3v) is 3.58. The van der Waals surface area contributed by atoms with E-state index in [4.69, 9.17) is 0 Å². The molecule has 0 atom stereocenters. The lowest BCUT2D eigenvalue weighted by Gasteiger charge is -2.21. The molecule has 0 bridgehead atoms. The molecule has 0 spiro atoms. The summed E-state index contributed by atoms with van der Waals surface area (Å²) in [4.78, 5) is 29.3. The number of anilines is 4. The second-order valence-corrected chi connectivity index (χ2v) is 5.06. The quantitative estimate of drug-likeness (QED) is 0.423. The monoisotopic (exact) mass is 324 g/mol. The maximum Gasteiger partial charge on any atom is 0.348 e. The number of hydrogen-bond donors (Lipinski definition) is 2. The minimum absolute atomic E-state index is 0.324. The van der Waals surface area contributed by atoms with Gasteiger partial charge in [0.25, 0.3) is 0 Å². The number of hydrogen-bond acceptors (Lipinski definition) is 8. The predicted molar refractivity (Wildman–Crippen MR) is 85.9 cm³/mol. The van der Waals surface area contributed by atoms with Gasteiger partial charge in [0.1, 0.15) is 0 Å². The van der Waals surface area contributed by atoms with Gasteiger partial charge in [-0.2, -0.15) is 0 Å². The highest BCUT2D eigenvalue weighted by Crippen LogP contribution is 2.42. The highest BCUT2D eigenvalue weighted by atomic mass is 16.6. The Hall–Kier alpha value is -3.82. The van der Waals surface area contributed by atoms with Crippen molar-refractivity contribution in [2.75, 3.05) is 10.6 Å². The summed E-state index contributed by atoms with van der Waals surface area (Å²) in [7, 11) is 0. The molecule has 24 heavy (non-hydrogen) atoms. The smallest absolute Gasteiger partial charge is 0.335 e. The molecule has 2 aromatic carbocycles. The van der Waals surface area contributed by atoms with Gasteiger partial charge in [0.05, 0.1) is 32.3 Å². The number of fused-ring (bicyclic) bond motifs is 3. The molecular formula is C14H8N6O4. The first kappa shape index (κ1) is 13.8. The molecule has 0 radical (unpaired) electrons. The molecule has 0 saturated heterocycles. The molecule has 0 amide bonds. The van der Waals surface area contributed by atoms with E-state index in [0.29, 0.717) is 34.0 Å². The SMILES string of the molecule is O=[N+]([O-])c1cc2c(cc1[N+](=O)[O-])Nc1nc3ccccc3nc1N2. The van der Waals surface area contributed by atoms with E-state index >= 15 is 0 Å². The van der Waals surface area contributed by atoms with Crippen molar-refractivity contribution in [1.82, 2.24) is 9.97 Å². The van der Waals surface area contributed by atoms with Crippen molar-refractivity contribution in [2.24, 2.45) is 0 Å². The summed E-state index contributed by atoms with van der Waals surface area (Å²) in [5.41, 5.74) is 0.778. The van der Waals surface area contributed by atoms with E-state index in [-0.39, 0.29) is 0 Å². The van der Waals surface area contributed by atoms with Gasteiger partial charge in [0, 0.05) is 12.1 Å². The van der Waals surface area contributed by atoms with Crippen LogP contribution >= 0.6 is 0 Å². The lowest BCUT2D eigenvalue weighted by Crippen LogP contribution is -2.11. The molecule has 0 unspecified atom stereocenters. The molecule has 0 fully saturated rings. The van der Waals surface area contributed by atoms with Crippen LogP contribution in [0.25, 0.3) is 11.0 Å². The van der Waals surface area contributed by atoms with E-state index in [0.717, 1.165) is 12.1 Å². The van der Waals surface area contributed by atoms with Crippen molar-refractivity contribution in [3.63, 3.8) is 0 Å². The average Bonchev–Trinajstić information content (AvgIpc) is 2.56. The Labute approximate surface area is 133 Å². The van der Waals surface area contributed by atoms with Gasteiger partial charge in [0.2, 0.25) is 0 Å². The van der Waals surface area contributed by atoms with Crippen molar-refractivity contribution < 1.29 is 9.85 Å². The fraction of sp³-hybridized carbons (Fsp3) is 0. The van der Waals surface area contributed by atoms with Crippen LogP contribution in [0.15, 0.2) is 36.4 Å². The van der Waals surface area contributed by atoms with Crippen LogP contribution in [0.1, 0.15) is 0 Å². The molecule has 4 rings (SSSR count). The van der Waals surface area contributed by atoms with Crippen LogP contribution in [0, 0.1) is 20.2 Å². The summed E-state index contributed by atoms with van der Waals surface area (Å²) in [5, 5.41) is 28.0. The van der Waals surface area contributed by atoms with E-state index in [9.17, 15) is 20.2 Å². The number of nitro benzene ring substituents is 2. The number of benzene rings is 2. The largest absolute Gasteiger partial charge is 0.348 e. The van der Waals surface area contributed by atoms with Gasteiger partial charge in [-0.3, -0.25) is 20.2 Å². The van der Waals surface area contributed by atoms with Crippen LogP contribution in [0.3, 0.4) is 0 Å². The van der Waals surface area contributed by atoms with E-state index < -0.39 is 21.2 Å². The molecule has 1 aliphatic heterocycles. The molecule has 1 aliphatic rings. The third kappa shape index (κ3) is 2.05. The standard InChI is InChI=1S/C14H8N6O4/c21-19(22)11-5-9-10(6-12(11)20(23)24)18-14-13(17-9)15-7-3-1-2-4-8(7)16-14/h1-6H,(H,15,17)(H,16,18). The number of para-hydroxylation sites is 2. The molecular weight excluding hydrogens is 316 g/mol. The van der Waals surface area contributed by atoms with Crippen LogP contribution in [0.5, 0.6) is 0 Å². The highest BCUT2D eigenvalue weighted by molar-refractivity contribution is 5.92. The molecule has 0 aliphatic carbocycles. The zero-order valence-electron chi connectivity index (χ0n) is 11.9. The Morgan fingerprint density at radius 3 is 1.58 bits per heavy atom. The van der Waals surface area contributed by atoms with Crippen LogP contribution in [-0.2, 0) is 0 Å². The van der Waals surface area contributed by atoms with Gasteiger partial charge in [0.15, 0.2) is 11.6 Å². The molecule has 3 aromatic rings. The molecule has 118 valence electrons. The Morgan fingerprint density at radius 1 is 0.792 bits per heavy atom. The van der Waals surface area contributed by atoms with E-state index in [2.05, 4.69) is 20.6 Å². The number of nitro groups is 2. The summed E-state index contributed by atoms with van der Waals surface area (Å²) in [6.45, 7) is 0. The Balaban J connectivity index is 1.87. The first-order valence-corrected chi connectivity index (χ1v) is 6.80. The van der Waals surface area contributed by atoms with Crippen molar-refractivity contribution in [3.05, 3.63) is 56.6 Å². The summed E-state index contributed by atoms with van der Waals surface area (Å²) < 4.78 is 0. The van der Waals surface area contributed by atoms with E-state index in [1.54, 1.807) is 12.1 Å². The maximum absolute atomic E-state index is 11.1. The fourth-order valence-corrected chi connectivity index (χ4v) is 2.51. The minimum Gasteiger partial charge on any atom is -0.335 e. The van der Waals surface area contributed by atoms with Crippen LogP contribution in [0.2, 0.25) is 0 Å². The second-order valence-electron chi connectivity index (χ2n) is 5.06. The first-order chi connectivity index (χ1) is 11.5. The number of nitrogens with one attached hydrogen (secondary N) is 2. The van der Waals surface area contributed by atoms with Gasteiger partial charge in [-0.15, -0.1) is 0 Å². The van der Waals surface area contributed by atoms with Gasteiger partial charge in [-0.1, -0.05) is 12.1 Å². The average molecular weight is 324 g/mol. The van der Waals surface area contributed by atoms with Crippen LogP contribution in [-0.4, -0.2) is 19.8 Å². The topological polar surface area (TPSA) is 136 Å². The summed E-state index contributed by atoms with van der Waals surface area (Å²) >= 11 is 0. The number of nitrogens with zero attached hydrogens (tertiary/aromatic N) is 4. The van der Waals surface area contributed by atoms with Crippen LogP contribution in [0.4, 0.5) is 34.4 Å². The van der Waals surface area contributed by atoms with Crippen molar-refractivity contribution in [1.29, 1.82) is 0 Å². The predicted octanol–water partition coefficient (Wildman–Crippen LogP) is 3.25. The maximum atomic E-state index is 11.1. The van der Waals surface area contributed by atoms with Gasteiger partial charge in [-0.25, -0.2) is 9.97 Å². The zero-order valence-corrected chi connectivity index (χ0v) is 11.9.